The lowest BCUT2D eigenvalue weighted by molar-refractivity contribution is -0.908. The number of carboxylic acids is 1. The number of aliphatic carboxylic acids is 1. The number of carbonyl (C=O) groups excluding carboxylic acids is 2. The minimum absolute atomic E-state index is 0.0889. The largest absolute Gasteiger partial charge is 0.554 e. The molecule has 0 atom stereocenters. The maximum atomic E-state index is 12.9. The zero-order valence-corrected chi connectivity index (χ0v) is 25.2. The summed E-state index contributed by atoms with van der Waals surface area (Å²) in [6, 6.07) is 13.5. The molecule has 1 saturated heterocycles. The van der Waals surface area contributed by atoms with Crippen LogP contribution in [-0.4, -0.2) is 82.6 Å². The highest BCUT2D eigenvalue weighted by Crippen LogP contribution is 2.28. The van der Waals surface area contributed by atoms with Crippen molar-refractivity contribution >= 4 is 35.5 Å². The number of carbonyl (C=O) groups is 3. The molecule has 2 aromatic carbocycles. The maximum absolute atomic E-state index is 12.9. The molecule has 0 bridgehead atoms. The van der Waals surface area contributed by atoms with E-state index in [0.717, 1.165) is 60.6 Å². The van der Waals surface area contributed by atoms with Gasteiger partial charge in [-0.25, -0.2) is 14.8 Å². The molecule has 3 heterocycles. The second-order valence-electron chi connectivity index (χ2n) is 11.2. The Bertz CT molecular complexity index is 1590. The highest BCUT2D eigenvalue weighted by atomic mass is 16.5. The fraction of sp³-hybridized carbons (Fsp3) is 0.344. The van der Waals surface area contributed by atoms with Gasteiger partial charge >= 0.3 is 5.97 Å². The first kappa shape index (κ1) is 32.0. The Balaban J connectivity index is 0.00000141. The van der Waals surface area contributed by atoms with Crippen molar-refractivity contribution in [2.45, 2.75) is 26.2 Å². The first-order valence-corrected chi connectivity index (χ1v) is 14.4. The van der Waals surface area contributed by atoms with E-state index >= 15 is 0 Å². The predicted octanol–water partition coefficient (Wildman–Crippen LogP) is 2.88. The van der Waals surface area contributed by atoms with E-state index in [1.165, 1.54) is 0 Å². The summed E-state index contributed by atoms with van der Waals surface area (Å²) in [4.78, 5) is 41.4. The van der Waals surface area contributed by atoms with Crippen molar-refractivity contribution in [3.63, 3.8) is 0 Å². The molecule has 12 nitrogen and oxygen atoms in total. The molecule has 12 heteroatoms. The first-order valence-electron chi connectivity index (χ1n) is 14.4. The Labute approximate surface area is 255 Å². The van der Waals surface area contributed by atoms with Crippen LogP contribution in [0, 0.1) is 12.8 Å². The molecule has 0 aliphatic carbocycles. The SMILES string of the molecule is COc1ccc(-c2cnc3c(Nc4ccc(C(=O)NCCC5CC[N+](C)(CC(=O)O)CC5)c(C)c4)nccn23)cc1.O=C[O-]. The van der Waals surface area contributed by atoms with Crippen molar-refractivity contribution in [2.24, 2.45) is 5.92 Å². The number of likely N-dealkylation sites (tertiary alicyclic amines) is 1. The van der Waals surface area contributed by atoms with Gasteiger partial charge in [0.2, 0.25) is 0 Å². The molecule has 1 aliphatic heterocycles. The minimum atomic E-state index is -0.747. The van der Waals surface area contributed by atoms with Crippen molar-refractivity contribution < 1.29 is 33.8 Å². The fourth-order valence-corrected chi connectivity index (χ4v) is 5.62. The molecule has 232 valence electrons. The molecule has 1 amide bonds. The van der Waals surface area contributed by atoms with Gasteiger partial charge in [-0.3, -0.25) is 9.20 Å². The normalized spacial score (nSPS) is 17.7. The second-order valence-corrected chi connectivity index (χ2v) is 11.2. The predicted molar refractivity (Wildman–Crippen MR) is 164 cm³/mol. The third-order valence-corrected chi connectivity index (χ3v) is 8.06. The zero-order valence-electron chi connectivity index (χ0n) is 25.2. The molecule has 0 saturated carbocycles. The summed E-state index contributed by atoms with van der Waals surface area (Å²) in [5.74, 6) is 1.09. The van der Waals surface area contributed by atoms with Gasteiger partial charge in [-0.1, -0.05) is 0 Å². The van der Waals surface area contributed by atoms with Gasteiger partial charge in [0.25, 0.3) is 5.91 Å². The van der Waals surface area contributed by atoms with Crippen molar-refractivity contribution in [3.05, 3.63) is 72.2 Å². The van der Waals surface area contributed by atoms with Gasteiger partial charge in [0.05, 0.1) is 39.1 Å². The number of fused-ring (bicyclic) bond motifs is 1. The number of likely N-dealkylation sites (N-methyl/N-ethyl adjacent to an activating group) is 1. The summed E-state index contributed by atoms with van der Waals surface area (Å²) in [6.45, 7) is 3.93. The van der Waals surface area contributed by atoms with Crippen LogP contribution in [-0.2, 0) is 9.59 Å². The first-order chi connectivity index (χ1) is 21.2. The van der Waals surface area contributed by atoms with Gasteiger partial charge in [0.1, 0.15) is 5.75 Å². The van der Waals surface area contributed by atoms with E-state index in [2.05, 4.69) is 20.6 Å². The van der Waals surface area contributed by atoms with E-state index in [1.807, 2.05) is 73.2 Å². The van der Waals surface area contributed by atoms with Crippen LogP contribution >= 0.6 is 0 Å². The molecule has 3 N–H and O–H groups in total. The number of benzene rings is 2. The number of hydrogen-bond acceptors (Lipinski definition) is 8. The zero-order chi connectivity index (χ0) is 31.7. The molecule has 0 unspecified atom stereocenters. The van der Waals surface area contributed by atoms with Gasteiger partial charge in [0.15, 0.2) is 18.0 Å². The van der Waals surface area contributed by atoms with Gasteiger partial charge < -0.3 is 34.9 Å². The molecule has 4 aromatic rings. The standard InChI is InChI=1S/C31H36N6O4.CH2O2/c1-21-18-24(6-9-26(21)31(40)33-13-10-22-11-16-37(2,17-12-22)20-28(38)39)35-29-30-34-19-27(36(30)15-14-32-29)23-4-7-25(41-3)8-5-23;2-1-3/h4-9,14-15,18-19,22H,10-13,16-17,20H2,1-3H3,(H2-,32,33,35,38,39,40);1H,(H,2,3). The lowest BCUT2D eigenvalue weighted by atomic mass is 9.92. The Kier molecular flexibility index (Phi) is 10.5. The van der Waals surface area contributed by atoms with Crippen LogP contribution in [0.1, 0.15) is 35.2 Å². The number of nitrogens with one attached hydrogen (secondary N) is 2. The monoisotopic (exact) mass is 602 g/mol. The molecule has 1 fully saturated rings. The quantitative estimate of drug-likeness (QED) is 0.183. The fourth-order valence-electron chi connectivity index (χ4n) is 5.62. The smallest absolute Gasteiger partial charge is 0.359 e. The van der Waals surface area contributed by atoms with Crippen LogP contribution in [0.4, 0.5) is 11.5 Å². The molecule has 5 rings (SSSR count). The minimum Gasteiger partial charge on any atom is -0.554 e. The third-order valence-electron chi connectivity index (χ3n) is 8.06. The number of ether oxygens (including phenoxy) is 1. The van der Waals surface area contributed by atoms with Crippen LogP contribution in [0.25, 0.3) is 16.9 Å². The van der Waals surface area contributed by atoms with Crippen molar-refractivity contribution in [1.82, 2.24) is 19.7 Å². The van der Waals surface area contributed by atoms with E-state index in [0.29, 0.717) is 34.0 Å². The van der Waals surface area contributed by atoms with Gasteiger partial charge in [-0.15, -0.1) is 0 Å². The van der Waals surface area contributed by atoms with Crippen LogP contribution in [0.15, 0.2) is 61.1 Å². The number of carboxylic acid groups (broad SMARTS) is 2. The summed E-state index contributed by atoms with van der Waals surface area (Å²) >= 11 is 0. The van der Waals surface area contributed by atoms with E-state index in [4.69, 9.17) is 19.7 Å². The van der Waals surface area contributed by atoms with Crippen LogP contribution in [0.3, 0.4) is 0 Å². The number of nitrogens with zero attached hydrogens (tertiary/aromatic N) is 4. The Morgan fingerprint density at radius 3 is 2.50 bits per heavy atom. The lowest BCUT2D eigenvalue weighted by Crippen LogP contribution is -2.52. The summed E-state index contributed by atoms with van der Waals surface area (Å²) in [5, 5.41) is 23.8. The van der Waals surface area contributed by atoms with Crippen LogP contribution < -0.4 is 20.5 Å². The van der Waals surface area contributed by atoms with E-state index < -0.39 is 12.4 Å². The van der Waals surface area contributed by atoms with E-state index in [9.17, 15) is 9.59 Å². The van der Waals surface area contributed by atoms with Gasteiger partial charge in [-0.2, -0.15) is 0 Å². The van der Waals surface area contributed by atoms with Crippen molar-refractivity contribution in [3.8, 4) is 17.0 Å². The average molecular weight is 603 g/mol. The number of anilines is 2. The number of aryl methyl sites for hydroxylation is 1. The van der Waals surface area contributed by atoms with Crippen LogP contribution in [0.5, 0.6) is 5.75 Å². The number of piperidine rings is 1. The highest BCUT2D eigenvalue weighted by Gasteiger charge is 2.31. The number of quaternary nitrogens is 1. The summed E-state index contributed by atoms with van der Waals surface area (Å²) in [6.07, 6.45) is 8.30. The molecule has 44 heavy (non-hydrogen) atoms. The number of rotatable bonds is 10. The topological polar surface area (TPSA) is 158 Å². The number of imidazole rings is 1. The lowest BCUT2D eigenvalue weighted by Gasteiger charge is -2.39. The van der Waals surface area contributed by atoms with E-state index in [1.54, 1.807) is 13.3 Å². The van der Waals surface area contributed by atoms with Crippen molar-refractivity contribution in [1.29, 1.82) is 0 Å². The highest BCUT2D eigenvalue weighted by molar-refractivity contribution is 5.96. The number of aromatic nitrogens is 3. The molecule has 0 radical (unpaired) electrons. The van der Waals surface area contributed by atoms with Crippen LogP contribution in [0.2, 0.25) is 0 Å². The number of amides is 1. The average Bonchev–Trinajstić information content (AvgIpc) is 3.43. The summed E-state index contributed by atoms with van der Waals surface area (Å²) in [5.41, 5.74) is 4.97. The Morgan fingerprint density at radius 2 is 1.86 bits per heavy atom. The molecular weight excluding hydrogens is 564 g/mol. The number of hydrogen-bond donors (Lipinski definition) is 3. The van der Waals surface area contributed by atoms with E-state index in [-0.39, 0.29) is 12.5 Å². The summed E-state index contributed by atoms with van der Waals surface area (Å²) < 4.78 is 7.85. The van der Waals surface area contributed by atoms with Gasteiger partial charge in [-0.05, 0) is 80.1 Å². The Hall–Kier alpha value is -4.97. The molecule has 1 aliphatic rings. The Morgan fingerprint density at radius 1 is 1.16 bits per heavy atom. The number of methoxy groups -OCH3 is 1. The summed E-state index contributed by atoms with van der Waals surface area (Å²) in [7, 11) is 3.66. The van der Waals surface area contributed by atoms with Crippen molar-refractivity contribution in [2.75, 3.05) is 45.7 Å². The maximum Gasteiger partial charge on any atom is 0.359 e. The third kappa shape index (κ3) is 7.90. The molecule has 0 spiro atoms. The second kappa shape index (κ2) is 14.5. The molecule has 2 aromatic heterocycles. The molecular formula is C32H38N6O6. The van der Waals surface area contributed by atoms with Gasteiger partial charge in [0, 0.05) is 42.2 Å².